The van der Waals surface area contributed by atoms with Gasteiger partial charge in [0.2, 0.25) is 10.0 Å². The zero-order valence-electron chi connectivity index (χ0n) is 15.0. The van der Waals surface area contributed by atoms with Crippen molar-refractivity contribution in [1.82, 2.24) is 4.31 Å². The van der Waals surface area contributed by atoms with Crippen LogP contribution in [0.1, 0.15) is 11.1 Å². The van der Waals surface area contributed by atoms with E-state index < -0.39 is 22.6 Å². The number of carboxylic acids is 1. The summed E-state index contributed by atoms with van der Waals surface area (Å²) in [4.78, 5) is 10.6. The number of halogens is 2. The van der Waals surface area contributed by atoms with Crippen LogP contribution in [0.3, 0.4) is 0 Å². The Bertz CT molecular complexity index is 962. The molecule has 0 atom stereocenters. The summed E-state index contributed by atoms with van der Waals surface area (Å²) >= 11 is 11.9. The minimum atomic E-state index is -3.48. The third-order valence-corrected chi connectivity index (χ3v) is 5.25. The third-order valence-electron chi connectivity index (χ3n) is 3.59. The van der Waals surface area contributed by atoms with Gasteiger partial charge in [0.25, 0.3) is 0 Å². The first-order valence-electron chi connectivity index (χ1n) is 8.15. The number of carboxylic acid groups (broad SMARTS) is 1. The van der Waals surface area contributed by atoms with Crippen LogP contribution in [0.15, 0.2) is 48.5 Å². The molecule has 0 aliphatic rings. The molecule has 0 aromatic heterocycles. The molecule has 0 aliphatic heterocycles. The van der Waals surface area contributed by atoms with Crippen molar-refractivity contribution >= 4 is 74.8 Å². The van der Waals surface area contributed by atoms with Crippen molar-refractivity contribution in [1.29, 1.82) is 0 Å². The Morgan fingerprint density at radius 2 is 1.83 bits per heavy atom. The van der Waals surface area contributed by atoms with E-state index in [1.807, 2.05) is 0 Å². The zero-order chi connectivity index (χ0) is 20.7. The van der Waals surface area contributed by atoms with E-state index in [0.717, 1.165) is 11.8 Å². The molecule has 0 heterocycles. The summed E-state index contributed by atoms with van der Waals surface area (Å²) in [5.74, 6) is -0.730. The molecule has 0 saturated heterocycles. The number of hydrogen-bond acceptors (Lipinski definition) is 4. The van der Waals surface area contributed by atoms with Crippen LogP contribution < -0.4 is 4.74 Å². The second-order valence-electron chi connectivity index (χ2n) is 5.99. The van der Waals surface area contributed by atoms with Crippen LogP contribution in [0.25, 0.3) is 6.08 Å². The summed E-state index contributed by atoms with van der Waals surface area (Å²) in [6, 6.07) is 11.7. The number of sulfonamides is 1. The van der Waals surface area contributed by atoms with Crippen molar-refractivity contribution in [2.75, 3.05) is 19.4 Å². The quantitative estimate of drug-likeness (QED) is 0.572. The first kappa shape index (κ1) is 26.0. The molecule has 0 amide bonds. The normalized spacial score (nSPS) is 11.4. The van der Waals surface area contributed by atoms with Crippen molar-refractivity contribution in [3.63, 3.8) is 0 Å². The maximum absolute atomic E-state index is 12.1. The topological polar surface area (TPSA) is 83.9 Å². The summed E-state index contributed by atoms with van der Waals surface area (Å²) in [5.41, 5.74) is 1.43. The van der Waals surface area contributed by atoms with Crippen molar-refractivity contribution in [2.24, 2.45) is 0 Å². The monoisotopic (exact) mass is 467 g/mol. The van der Waals surface area contributed by atoms with Gasteiger partial charge in [-0.2, -0.15) is 4.31 Å². The van der Waals surface area contributed by atoms with E-state index in [9.17, 15) is 13.2 Å². The summed E-state index contributed by atoms with van der Waals surface area (Å²) < 4.78 is 30.7. The van der Waals surface area contributed by atoms with Crippen LogP contribution in [0, 0.1) is 0 Å². The molecule has 0 unspecified atom stereocenters. The predicted molar refractivity (Wildman–Crippen MR) is 117 cm³/mol. The van der Waals surface area contributed by atoms with Gasteiger partial charge in [0.15, 0.2) is 6.61 Å². The number of carbonyl (C=O) groups is 1. The second kappa shape index (κ2) is 12.0. The van der Waals surface area contributed by atoms with Crippen molar-refractivity contribution in [3.05, 3.63) is 69.7 Å². The Morgan fingerprint density at radius 3 is 2.41 bits per heavy atom. The van der Waals surface area contributed by atoms with E-state index in [4.69, 9.17) is 33.0 Å². The Kier molecular flexibility index (Phi) is 10.7. The van der Waals surface area contributed by atoms with Gasteiger partial charge in [-0.25, -0.2) is 13.2 Å². The van der Waals surface area contributed by atoms with Gasteiger partial charge in [0, 0.05) is 23.1 Å². The van der Waals surface area contributed by atoms with Crippen LogP contribution in [0.5, 0.6) is 5.75 Å². The predicted octanol–water partition coefficient (Wildman–Crippen LogP) is 3.28. The van der Waals surface area contributed by atoms with E-state index in [0.29, 0.717) is 21.4 Å². The molecular weight excluding hydrogens is 448 g/mol. The number of ether oxygens (including phenoxy) is 1. The fourth-order valence-corrected chi connectivity index (χ4v) is 3.66. The van der Waals surface area contributed by atoms with E-state index in [2.05, 4.69) is 0 Å². The van der Waals surface area contributed by atoms with Crippen LogP contribution in [-0.2, 0) is 21.4 Å². The van der Waals surface area contributed by atoms with Crippen LogP contribution in [0.4, 0.5) is 0 Å². The van der Waals surface area contributed by atoms with E-state index in [1.54, 1.807) is 54.6 Å². The number of rotatable bonds is 9. The number of benzene rings is 2. The molecule has 29 heavy (non-hydrogen) atoms. The Balaban J connectivity index is 0.00000420. The van der Waals surface area contributed by atoms with Gasteiger partial charge >= 0.3 is 35.5 Å². The fourth-order valence-electron chi connectivity index (χ4n) is 2.38. The van der Waals surface area contributed by atoms with Crippen molar-refractivity contribution in [2.45, 2.75) is 6.54 Å². The number of nitrogens with zero attached hydrogens (tertiary/aromatic N) is 1. The van der Waals surface area contributed by atoms with E-state index in [1.165, 1.54) is 4.31 Å². The summed E-state index contributed by atoms with van der Waals surface area (Å²) in [5, 5.41) is 9.67. The second-order valence-corrected chi connectivity index (χ2v) is 8.85. The van der Waals surface area contributed by atoms with Crippen LogP contribution >= 0.6 is 23.2 Å². The van der Waals surface area contributed by atoms with Gasteiger partial charge < -0.3 is 9.84 Å². The molecule has 6 nitrogen and oxygen atoms in total. The molecule has 0 fully saturated rings. The number of hydrogen-bond donors (Lipinski definition) is 1. The molecule has 0 spiro atoms. The van der Waals surface area contributed by atoms with Crippen molar-refractivity contribution in [3.8, 4) is 5.75 Å². The van der Waals surface area contributed by atoms with Crippen molar-refractivity contribution < 1.29 is 23.1 Å². The van der Waals surface area contributed by atoms with Gasteiger partial charge in [-0.05, 0) is 41.5 Å². The molecule has 2 aromatic rings. The van der Waals surface area contributed by atoms with Gasteiger partial charge in [0.05, 0.1) is 6.26 Å². The van der Waals surface area contributed by atoms with Crippen LogP contribution in [-0.4, -0.2) is 72.8 Å². The summed E-state index contributed by atoms with van der Waals surface area (Å²) in [7, 11) is -3.48. The van der Waals surface area contributed by atoms with E-state index >= 15 is 0 Å². The summed E-state index contributed by atoms with van der Waals surface area (Å²) in [6.07, 6.45) is 4.57. The molecule has 2 rings (SSSR count). The van der Waals surface area contributed by atoms with Gasteiger partial charge in [0.1, 0.15) is 5.75 Å². The first-order valence-corrected chi connectivity index (χ1v) is 10.8. The Hall–Kier alpha value is -1.06. The van der Waals surface area contributed by atoms with E-state index in [-0.39, 0.29) is 42.6 Å². The molecule has 2 aromatic carbocycles. The van der Waals surface area contributed by atoms with Gasteiger partial charge in [-0.15, -0.1) is 0 Å². The molecule has 152 valence electrons. The average molecular weight is 468 g/mol. The first-order chi connectivity index (χ1) is 13.1. The molecular formula is C19H20Cl2NNaO5S. The molecule has 0 bridgehead atoms. The molecule has 10 heteroatoms. The Morgan fingerprint density at radius 1 is 1.17 bits per heavy atom. The standard InChI is InChI=1S/C19H19Cl2NO5S.Na.H/c1-28(25,26)22(7-3-5-14-8-16(20)11-17(21)9-14)12-15-4-2-6-18(10-15)27-13-19(23)24;;/h2-6,8-11H,7,12-13H2,1H3,(H,23,24);;/b5-3+;;. The van der Waals surface area contributed by atoms with Gasteiger partial charge in [-0.3, -0.25) is 0 Å². The van der Waals surface area contributed by atoms with Gasteiger partial charge in [-0.1, -0.05) is 47.5 Å². The molecule has 1 N–H and O–H groups in total. The SMILES string of the molecule is CS(=O)(=O)N(C/C=C/c1cc(Cl)cc(Cl)c1)Cc1cccc(OCC(=O)O)c1.[NaH]. The number of aliphatic carboxylic acids is 1. The minimum absolute atomic E-state index is 0. The average Bonchev–Trinajstić information content (AvgIpc) is 2.58. The third kappa shape index (κ3) is 9.53. The molecule has 0 saturated carbocycles. The Labute approximate surface area is 202 Å². The zero-order valence-corrected chi connectivity index (χ0v) is 17.3. The summed E-state index contributed by atoms with van der Waals surface area (Å²) in [6.45, 7) is -0.211. The van der Waals surface area contributed by atoms with Crippen LogP contribution in [0.2, 0.25) is 10.0 Å². The molecule has 0 aliphatic carbocycles. The fraction of sp³-hybridized carbons (Fsp3) is 0.211. The molecule has 0 radical (unpaired) electrons. The maximum atomic E-state index is 12.1.